The Balaban J connectivity index is 2.36. The molecule has 0 fully saturated rings. The fourth-order valence-electron chi connectivity index (χ4n) is 2.20. The zero-order valence-electron chi connectivity index (χ0n) is 11.6. The van der Waals surface area contributed by atoms with Gasteiger partial charge < -0.3 is 4.90 Å². The summed E-state index contributed by atoms with van der Waals surface area (Å²) in [6, 6.07) is 19.5. The third-order valence-corrected chi connectivity index (χ3v) is 3.60. The second-order valence-electron chi connectivity index (χ2n) is 5.43. The van der Waals surface area contributed by atoms with E-state index in [9.17, 15) is 0 Å². The second-order valence-corrected chi connectivity index (χ2v) is 5.43. The lowest BCUT2D eigenvalue weighted by Gasteiger charge is -2.26. The van der Waals surface area contributed by atoms with Crippen molar-refractivity contribution in [3.63, 3.8) is 0 Å². The lowest BCUT2D eigenvalue weighted by Crippen LogP contribution is -2.19. The molecule has 18 heavy (non-hydrogen) atoms. The summed E-state index contributed by atoms with van der Waals surface area (Å²) in [7, 11) is 4.13. The van der Waals surface area contributed by atoms with Gasteiger partial charge in [-0.05, 0) is 23.3 Å². The van der Waals surface area contributed by atoms with Crippen LogP contribution in [0.15, 0.2) is 54.6 Å². The molecule has 0 aliphatic heterocycles. The maximum Gasteiger partial charge on any atom is 0.0361 e. The van der Waals surface area contributed by atoms with Gasteiger partial charge in [0.05, 0.1) is 0 Å². The molecule has 1 nitrogen and oxygen atoms in total. The van der Waals surface area contributed by atoms with Crippen LogP contribution in [0.4, 0.5) is 5.69 Å². The Bertz CT molecular complexity index is 495. The highest BCUT2D eigenvalue weighted by Gasteiger charge is 2.22. The van der Waals surface area contributed by atoms with E-state index in [0.717, 1.165) is 0 Å². The number of hydrogen-bond donors (Lipinski definition) is 0. The van der Waals surface area contributed by atoms with Crippen molar-refractivity contribution in [2.45, 2.75) is 19.3 Å². The third-order valence-electron chi connectivity index (χ3n) is 3.60. The Morgan fingerprint density at radius 1 is 0.722 bits per heavy atom. The molecule has 0 unspecified atom stereocenters. The van der Waals surface area contributed by atoms with E-state index in [0.29, 0.717) is 0 Å². The van der Waals surface area contributed by atoms with Crippen LogP contribution in [0.3, 0.4) is 0 Å². The smallest absolute Gasteiger partial charge is 0.0361 e. The Hall–Kier alpha value is -1.76. The van der Waals surface area contributed by atoms with Crippen molar-refractivity contribution >= 4 is 5.69 Å². The van der Waals surface area contributed by atoms with Crippen LogP contribution in [0.5, 0.6) is 0 Å². The van der Waals surface area contributed by atoms with Crippen molar-refractivity contribution in [3.8, 4) is 0 Å². The van der Waals surface area contributed by atoms with Crippen LogP contribution in [0, 0.1) is 0 Å². The van der Waals surface area contributed by atoms with E-state index < -0.39 is 0 Å². The standard InChI is InChI=1S/C17H21N/c1-17(2,14-8-6-5-7-9-14)15-10-12-16(13-11-15)18(3)4/h5-13H,1-4H3. The summed E-state index contributed by atoms with van der Waals surface area (Å²) in [6.45, 7) is 4.54. The largest absolute Gasteiger partial charge is 0.378 e. The number of nitrogens with zero attached hydrogens (tertiary/aromatic N) is 1. The summed E-state index contributed by atoms with van der Waals surface area (Å²) in [4.78, 5) is 2.12. The SMILES string of the molecule is CN(C)c1ccc(C(C)(C)c2ccccc2)cc1. The number of anilines is 1. The van der Waals surface area contributed by atoms with Gasteiger partial charge in [0.1, 0.15) is 0 Å². The predicted octanol–water partition coefficient (Wildman–Crippen LogP) is 4.08. The van der Waals surface area contributed by atoms with Crippen LogP contribution in [-0.2, 0) is 5.41 Å². The minimum Gasteiger partial charge on any atom is -0.378 e. The van der Waals surface area contributed by atoms with Gasteiger partial charge in [-0.25, -0.2) is 0 Å². The van der Waals surface area contributed by atoms with E-state index in [2.05, 4.69) is 87.4 Å². The first kappa shape index (κ1) is 12.7. The molecule has 0 saturated carbocycles. The quantitative estimate of drug-likeness (QED) is 0.780. The predicted molar refractivity (Wildman–Crippen MR) is 79.3 cm³/mol. The van der Waals surface area contributed by atoms with Crippen LogP contribution in [0.1, 0.15) is 25.0 Å². The van der Waals surface area contributed by atoms with E-state index in [4.69, 9.17) is 0 Å². The molecular weight excluding hydrogens is 218 g/mol. The lowest BCUT2D eigenvalue weighted by molar-refractivity contribution is 0.641. The van der Waals surface area contributed by atoms with Crippen molar-refractivity contribution in [1.82, 2.24) is 0 Å². The minimum atomic E-state index is 0.0477. The van der Waals surface area contributed by atoms with E-state index in [1.807, 2.05) is 0 Å². The fraction of sp³-hybridized carbons (Fsp3) is 0.294. The number of hydrogen-bond acceptors (Lipinski definition) is 1. The normalized spacial score (nSPS) is 11.3. The molecule has 94 valence electrons. The molecule has 0 amide bonds. The first-order chi connectivity index (χ1) is 8.51. The summed E-state index contributed by atoms with van der Waals surface area (Å²) < 4.78 is 0. The first-order valence-corrected chi connectivity index (χ1v) is 6.35. The maximum atomic E-state index is 2.27. The lowest BCUT2D eigenvalue weighted by atomic mass is 9.78. The Morgan fingerprint density at radius 3 is 1.72 bits per heavy atom. The molecule has 0 saturated heterocycles. The molecule has 0 bridgehead atoms. The molecule has 0 aliphatic rings. The van der Waals surface area contributed by atoms with Crippen LogP contribution in [0.2, 0.25) is 0 Å². The van der Waals surface area contributed by atoms with Crippen molar-refractivity contribution in [3.05, 3.63) is 65.7 Å². The summed E-state index contributed by atoms with van der Waals surface area (Å²) in [6.07, 6.45) is 0. The Kier molecular flexibility index (Phi) is 3.42. The molecule has 0 N–H and O–H groups in total. The first-order valence-electron chi connectivity index (χ1n) is 6.35. The summed E-state index contributed by atoms with van der Waals surface area (Å²) in [5.41, 5.74) is 3.98. The maximum absolute atomic E-state index is 2.27. The van der Waals surface area contributed by atoms with Crippen LogP contribution < -0.4 is 4.90 Å². The Labute approximate surface area is 110 Å². The van der Waals surface area contributed by atoms with Crippen molar-refractivity contribution in [2.24, 2.45) is 0 Å². The number of rotatable bonds is 3. The molecule has 2 rings (SSSR count). The van der Waals surface area contributed by atoms with Crippen LogP contribution in [0.25, 0.3) is 0 Å². The summed E-state index contributed by atoms with van der Waals surface area (Å²) >= 11 is 0. The Morgan fingerprint density at radius 2 is 1.22 bits per heavy atom. The molecule has 1 heteroatoms. The molecule has 0 heterocycles. The van der Waals surface area contributed by atoms with Gasteiger partial charge in [0.15, 0.2) is 0 Å². The van der Waals surface area contributed by atoms with Gasteiger partial charge in [-0.2, -0.15) is 0 Å². The highest BCUT2D eigenvalue weighted by atomic mass is 15.1. The molecule has 0 aromatic heterocycles. The monoisotopic (exact) mass is 239 g/mol. The van der Waals surface area contributed by atoms with E-state index in [1.54, 1.807) is 0 Å². The van der Waals surface area contributed by atoms with E-state index in [1.165, 1.54) is 16.8 Å². The van der Waals surface area contributed by atoms with Crippen molar-refractivity contribution in [1.29, 1.82) is 0 Å². The zero-order valence-corrected chi connectivity index (χ0v) is 11.6. The average Bonchev–Trinajstić information content (AvgIpc) is 2.40. The second kappa shape index (κ2) is 4.85. The van der Waals surface area contributed by atoms with E-state index >= 15 is 0 Å². The topological polar surface area (TPSA) is 3.24 Å². The van der Waals surface area contributed by atoms with Crippen molar-refractivity contribution < 1.29 is 0 Å². The van der Waals surface area contributed by atoms with Gasteiger partial charge in [0.2, 0.25) is 0 Å². The third kappa shape index (κ3) is 2.40. The fourth-order valence-corrected chi connectivity index (χ4v) is 2.20. The highest BCUT2D eigenvalue weighted by Crippen LogP contribution is 2.32. The van der Waals surface area contributed by atoms with Gasteiger partial charge in [-0.1, -0.05) is 56.3 Å². The summed E-state index contributed by atoms with van der Waals surface area (Å²) in [5.74, 6) is 0. The summed E-state index contributed by atoms with van der Waals surface area (Å²) in [5, 5.41) is 0. The van der Waals surface area contributed by atoms with Gasteiger partial charge in [-0.3, -0.25) is 0 Å². The molecular formula is C17H21N. The molecule has 0 aliphatic carbocycles. The van der Waals surface area contributed by atoms with Gasteiger partial charge in [0.25, 0.3) is 0 Å². The molecule has 0 spiro atoms. The molecule has 0 atom stereocenters. The average molecular weight is 239 g/mol. The van der Waals surface area contributed by atoms with Crippen molar-refractivity contribution in [2.75, 3.05) is 19.0 Å². The van der Waals surface area contributed by atoms with Gasteiger partial charge >= 0.3 is 0 Å². The van der Waals surface area contributed by atoms with Gasteiger partial charge in [0, 0.05) is 25.2 Å². The number of benzene rings is 2. The minimum absolute atomic E-state index is 0.0477. The molecule has 0 radical (unpaired) electrons. The van der Waals surface area contributed by atoms with Crippen LogP contribution >= 0.6 is 0 Å². The highest BCUT2D eigenvalue weighted by molar-refractivity contribution is 5.49. The molecule has 2 aromatic carbocycles. The van der Waals surface area contributed by atoms with Crippen LogP contribution in [-0.4, -0.2) is 14.1 Å². The van der Waals surface area contributed by atoms with Gasteiger partial charge in [-0.15, -0.1) is 0 Å². The molecule has 2 aromatic rings. The van der Waals surface area contributed by atoms with E-state index in [-0.39, 0.29) is 5.41 Å². The zero-order chi connectivity index (χ0) is 13.2.